The van der Waals surface area contributed by atoms with E-state index >= 15 is 0 Å². The van der Waals surface area contributed by atoms with Crippen LogP contribution in [0.4, 0.5) is 4.79 Å². The lowest BCUT2D eigenvalue weighted by Crippen LogP contribution is -2.69. The third-order valence-electron chi connectivity index (χ3n) is 10.6. The number of ether oxygens (including phenoxy) is 8. The van der Waals surface area contributed by atoms with Crippen molar-refractivity contribution in [2.75, 3.05) is 53.8 Å². The summed E-state index contributed by atoms with van der Waals surface area (Å²) in [4.78, 5) is 43.6. The molecule has 15 nitrogen and oxygen atoms in total. The number of carbonyl (C=O) groups is 3. The number of thioether (sulfide) groups is 1. The van der Waals surface area contributed by atoms with Gasteiger partial charge in [0.25, 0.3) is 0 Å². The molecular weight excluding hydrogens is 708 g/mol. The molecule has 0 aliphatic carbocycles. The van der Waals surface area contributed by atoms with Crippen LogP contribution in [0.25, 0.3) is 0 Å². The number of nitrogens with one attached hydrogen (secondary N) is 1. The molecule has 1 N–H and O–H groups in total. The smallest absolute Gasteiger partial charge is 0.408 e. The Morgan fingerprint density at radius 2 is 1.91 bits per heavy atom. The summed E-state index contributed by atoms with van der Waals surface area (Å²) in [7, 11) is 5.15. The molecule has 0 radical (unpaired) electrons. The maximum atomic E-state index is 13.7. The largest absolute Gasteiger partial charge is 0.493 e. The van der Waals surface area contributed by atoms with Crippen molar-refractivity contribution < 1.29 is 52.3 Å². The van der Waals surface area contributed by atoms with Crippen LogP contribution in [-0.4, -0.2) is 106 Å². The van der Waals surface area contributed by atoms with Crippen LogP contribution >= 0.6 is 11.8 Å². The first kappa shape index (κ1) is 36.7. The summed E-state index contributed by atoms with van der Waals surface area (Å²) in [6.07, 6.45) is 1.15. The Morgan fingerprint density at radius 3 is 2.60 bits per heavy atom. The molecule has 6 heterocycles. The minimum atomic E-state index is -1.09. The third kappa shape index (κ3) is 5.99. The van der Waals surface area contributed by atoms with E-state index in [1.807, 2.05) is 20.9 Å². The Morgan fingerprint density at radius 1 is 1.13 bits per heavy atom. The number of likely N-dealkylation sites (N-methyl/N-ethyl adjacent to an activating group) is 1. The Labute approximate surface area is 311 Å². The molecule has 6 aliphatic rings. The maximum absolute atomic E-state index is 13.7. The molecule has 2 unspecified atom stereocenters. The van der Waals surface area contributed by atoms with Crippen molar-refractivity contribution in [1.82, 2.24) is 15.1 Å². The number of hydrogen-bond acceptors (Lipinski definition) is 15. The lowest BCUT2D eigenvalue weighted by atomic mass is 9.71. The van der Waals surface area contributed by atoms with E-state index in [0.717, 1.165) is 16.7 Å². The average Bonchev–Trinajstić information content (AvgIpc) is 3.62. The van der Waals surface area contributed by atoms with E-state index in [0.29, 0.717) is 51.9 Å². The number of rotatable bonds is 8. The molecule has 2 saturated heterocycles. The summed E-state index contributed by atoms with van der Waals surface area (Å²) in [6.45, 7) is 8.32. The zero-order valence-corrected chi connectivity index (χ0v) is 31.2. The molecule has 6 aliphatic heterocycles. The summed E-state index contributed by atoms with van der Waals surface area (Å²) >= 11 is 1.38. The summed E-state index contributed by atoms with van der Waals surface area (Å²) in [5.74, 6) is 1.13. The van der Waals surface area contributed by atoms with Gasteiger partial charge in [-0.25, -0.2) is 9.59 Å². The van der Waals surface area contributed by atoms with E-state index in [9.17, 15) is 19.6 Å². The number of nitriles is 1. The van der Waals surface area contributed by atoms with Crippen LogP contribution in [0.15, 0.2) is 18.7 Å². The molecule has 53 heavy (non-hydrogen) atoms. The second kappa shape index (κ2) is 14.6. The minimum absolute atomic E-state index is 0.0323. The number of alkyl carbamates (subject to hydrolysis) is 1. The topological polar surface area (TPSA) is 167 Å². The molecule has 7 atom stereocenters. The van der Waals surface area contributed by atoms with Crippen molar-refractivity contribution in [2.24, 2.45) is 0 Å². The molecule has 0 saturated carbocycles. The van der Waals surface area contributed by atoms with Crippen LogP contribution in [0.1, 0.15) is 57.6 Å². The number of piperazine rings is 1. The normalized spacial score (nSPS) is 26.9. The standard InChI is InChI=1S/C37H42N4O11S/c1-8-9-47-37(44)39-21-14-53-35-27-26(34-32(50-16-51-34)18(3)31(27)52-19(4)42)24(13-48-36(21)43)41-23(12-38)22-11-20-10-17(2)30(46-7)33(49-15-45-6)25(20)28(29(35)41)40(22)5/h8,10,21-24,28-29,35H,1,9,11,13-16H2,2-7H3,(H,39,44)/t21?,22-,23-,24+,28+,29?,35+/m0/s1. The summed E-state index contributed by atoms with van der Waals surface area (Å²) in [5, 5.41) is 13.1. The van der Waals surface area contributed by atoms with E-state index in [4.69, 9.17) is 37.9 Å². The summed E-state index contributed by atoms with van der Waals surface area (Å²) < 4.78 is 47.0. The van der Waals surface area contributed by atoms with Gasteiger partial charge in [0.05, 0.1) is 30.5 Å². The van der Waals surface area contributed by atoms with Gasteiger partial charge in [0.15, 0.2) is 29.8 Å². The predicted octanol–water partition coefficient (Wildman–Crippen LogP) is 3.79. The molecule has 4 bridgehead atoms. The van der Waals surface area contributed by atoms with Crippen molar-refractivity contribution in [1.29, 1.82) is 5.26 Å². The Hall–Kier alpha value is -4.69. The zero-order valence-electron chi connectivity index (χ0n) is 30.4. The van der Waals surface area contributed by atoms with E-state index in [1.165, 1.54) is 24.8 Å². The van der Waals surface area contributed by atoms with Crippen molar-refractivity contribution in [3.63, 3.8) is 0 Å². The summed E-state index contributed by atoms with van der Waals surface area (Å²) in [6, 6.07) is 0.967. The van der Waals surface area contributed by atoms with E-state index in [-0.39, 0.29) is 38.6 Å². The number of carbonyl (C=O) groups excluding carboxylic acids is 3. The van der Waals surface area contributed by atoms with Gasteiger partial charge in [-0.3, -0.25) is 14.6 Å². The number of fused-ring (bicyclic) bond motifs is 10. The van der Waals surface area contributed by atoms with Gasteiger partial charge >= 0.3 is 18.0 Å². The molecule has 2 fully saturated rings. The van der Waals surface area contributed by atoms with Gasteiger partial charge < -0.3 is 43.2 Å². The van der Waals surface area contributed by atoms with Gasteiger partial charge in [-0.2, -0.15) is 5.26 Å². The predicted molar refractivity (Wildman–Crippen MR) is 189 cm³/mol. The van der Waals surface area contributed by atoms with Crippen LogP contribution in [0.2, 0.25) is 0 Å². The summed E-state index contributed by atoms with van der Waals surface area (Å²) in [5.41, 5.74) is 4.63. The van der Waals surface area contributed by atoms with Gasteiger partial charge in [-0.1, -0.05) is 18.7 Å². The third-order valence-corrected chi connectivity index (χ3v) is 12.0. The fourth-order valence-corrected chi connectivity index (χ4v) is 10.1. The molecule has 282 valence electrons. The second-order valence-electron chi connectivity index (χ2n) is 13.5. The number of aryl methyl sites for hydroxylation is 1. The number of methoxy groups -OCH3 is 2. The Kier molecular flexibility index (Phi) is 10.1. The highest BCUT2D eigenvalue weighted by atomic mass is 32.2. The Balaban J connectivity index is 1.50. The van der Waals surface area contributed by atoms with Crippen LogP contribution in [0.5, 0.6) is 28.7 Å². The van der Waals surface area contributed by atoms with E-state index in [2.05, 4.69) is 33.8 Å². The number of esters is 2. The first-order chi connectivity index (χ1) is 25.6. The van der Waals surface area contributed by atoms with Crippen LogP contribution in [0.3, 0.4) is 0 Å². The number of hydrogen-bond donors (Lipinski definition) is 1. The first-order valence-corrected chi connectivity index (χ1v) is 18.3. The van der Waals surface area contributed by atoms with Gasteiger partial charge in [-0.15, -0.1) is 11.8 Å². The highest BCUT2D eigenvalue weighted by Crippen LogP contribution is 2.64. The van der Waals surface area contributed by atoms with Gasteiger partial charge in [0.1, 0.15) is 31.0 Å². The first-order valence-electron chi connectivity index (χ1n) is 17.2. The van der Waals surface area contributed by atoms with E-state index in [1.54, 1.807) is 14.2 Å². The SMILES string of the molecule is C=CCOC(=O)NC1CS[C@@H]2c3c(OC(C)=O)c(C)c4c(c3[C@@H](COC1=O)N1C2[C@H]2c3c(cc(C)c(OC)c3OCOC)C[C@@H]([C@@H]1C#N)N2C)OCO4. The zero-order chi connectivity index (χ0) is 37.7. The van der Waals surface area contributed by atoms with Crippen molar-refractivity contribution >= 4 is 29.8 Å². The lowest BCUT2D eigenvalue weighted by Gasteiger charge is -2.61. The number of amides is 1. The number of benzene rings is 2. The molecule has 2 aromatic carbocycles. The van der Waals surface area contributed by atoms with Crippen molar-refractivity contribution in [3.8, 4) is 34.8 Å². The molecule has 0 aromatic heterocycles. The molecule has 1 amide bonds. The monoisotopic (exact) mass is 750 g/mol. The number of nitrogens with zero attached hydrogens (tertiary/aromatic N) is 3. The van der Waals surface area contributed by atoms with Crippen molar-refractivity contribution in [3.05, 3.63) is 52.1 Å². The molecule has 16 heteroatoms. The minimum Gasteiger partial charge on any atom is -0.493 e. The highest BCUT2D eigenvalue weighted by molar-refractivity contribution is 7.99. The van der Waals surface area contributed by atoms with Crippen molar-refractivity contribution in [2.45, 2.75) is 68.7 Å². The molecule has 0 spiro atoms. The molecule has 2 aromatic rings. The lowest BCUT2D eigenvalue weighted by molar-refractivity contribution is -0.151. The second-order valence-corrected chi connectivity index (χ2v) is 14.7. The maximum Gasteiger partial charge on any atom is 0.408 e. The van der Waals surface area contributed by atoms with Gasteiger partial charge in [0, 0.05) is 54.1 Å². The van der Waals surface area contributed by atoms with Crippen LogP contribution in [0, 0.1) is 25.2 Å². The van der Waals surface area contributed by atoms with Gasteiger partial charge in [-0.05, 0) is 38.4 Å². The average molecular weight is 751 g/mol. The van der Waals surface area contributed by atoms with Crippen LogP contribution < -0.4 is 29.0 Å². The molecular formula is C37H42N4O11S. The van der Waals surface area contributed by atoms with Gasteiger partial charge in [0.2, 0.25) is 6.79 Å². The highest BCUT2D eigenvalue weighted by Gasteiger charge is 2.61. The molecule has 8 rings (SSSR count). The van der Waals surface area contributed by atoms with E-state index < -0.39 is 53.5 Å². The fraction of sp³-hybridized carbons (Fsp3) is 0.514. The Bertz CT molecular complexity index is 1900. The van der Waals surface area contributed by atoms with Crippen LogP contribution in [-0.2, 0) is 30.2 Å². The fourth-order valence-electron chi connectivity index (χ4n) is 8.62. The quantitative estimate of drug-likeness (QED) is 0.179.